The summed E-state index contributed by atoms with van der Waals surface area (Å²) >= 11 is 1.76. The fourth-order valence-corrected chi connectivity index (χ4v) is 1.50. The highest BCUT2D eigenvalue weighted by Gasteiger charge is 2.15. The molecule has 0 heterocycles. The third-order valence-corrected chi connectivity index (χ3v) is 2.35. The van der Waals surface area contributed by atoms with Crippen LogP contribution in [-0.2, 0) is 4.79 Å². The Morgan fingerprint density at radius 1 is 1.46 bits per heavy atom. The maximum absolute atomic E-state index is 11.5. The molecule has 0 bridgehead atoms. The van der Waals surface area contributed by atoms with Gasteiger partial charge in [0.05, 0.1) is 6.04 Å². The Kier molecular flexibility index (Phi) is 7.09. The summed E-state index contributed by atoms with van der Waals surface area (Å²) in [5, 5.41) is 5.91. The number of carbonyl (C=O) groups is 1. The molecule has 0 aromatic heterocycles. The molecule has 0 aliphatic rings. The van der Waals surface area contributed by atoms with Crippen molar-refractivity contribution in [3.63, 3.8) is 0 Å². The smallest absolute Gasteiger partial charge is 0.237 e. The van der Waals surface area contributed by atoms with Crippen LogP contribution in [0.3, 0.4) is 0 Å². The van der Waals surface area contributed by atoms with Crippen LogP contribution >= 0.6 is 11.8 Å². The molecule has 2 N–H and O–H groups in total. The molecule has 0 spiro atoms. The minimum atomic E-state index is -0.0464. The highest BCUT2D eigenvalue weighted by atomic mass is 32.2. The van der Waals surface area contributed by atoms with Gasteiger partial charge in [-0.1, -0.05) is 0 Å². The molecule has 0 aliphatic carbocycles. The third kappa shape index (κ3) is 5.93. The second-order valence-electron chi connectivity index (χ2n) is 3.29. The Labute approximate surface area is 85.0 Å². The summed E-state index contributed by atoms with van der Waals surface area (Å²) in [4.78, 5) is 11.5. The Bertz CT molecular complexity index is 151. The standard InChI is InChI=1S/C9H20N2OS/c1-7(2)11-9(12)8(10-3)5-6-13-4/h7-8,10H,5-6H2,1-4H3,(H,11,12). The number of nitrogens with one attached hydrogen (secondary N) is 2. The molecule has 0 radical (unpaired) electrons. The molecule has 0 saturated heterocycles. The van der Waals surface area contributed by atoms with Crippen LogP contribution in [0.5, 0.6) is 0 Å². The SMILES string of the molecule is CNC(CCSC)C(=O)NC(C)C. The largest absolute Gasteiger partial charge is 0.353 e. The van der Waals surface area contributed by atoms with Crippen molar-refractivity contribution >= 4 is 17.7 Å². The summed E-state index contributed by atoms with van der Waals surface area (Å²) < 4.78 is 0. The zero-order valence-corrected chi connectivity index (χ0v) is 9.70. The van der Waals surface area contributed by atoms with E-state index in [4.69, 9.17) is 0 Å². The lowest BCUT2D eigenvalue weighted by Gasteiger charge is -2.17. The van der Waals surface area contributed by atoms with E-state index < -0.39 is 0 Å². The quantitative estimate of drug-likeness (QED) is 0.674. The van der Waals surface area contributed by atoms with Gasteiger partial charge in [0.2, 0.25) is 5.91 Å². The summed E-state index contributed by atoms with van der Waals surface area (Å²) in [6.45, 7) is 3.94. The average molecular weight is 204 g/mol. The van der Waals surface area contributed by atoms with E-state index in [1.807, 2.05) is 27.2 Å². The van der Waals surface area contributed by atoms with Crippen molar-refractivity contribution in [2.75, 3.05) is 19.1 Å². The number of hydrogen-bond donors (Lipinski definition) is 2. The van der Waals surface area contributed by atoms with Gasteiger partial charge in [-0.25, -0.2) is 0 Å². The first-order chi connectivity index (χ1) is 6.11. The molecule has 0 fully saturated rings. The molecule has 3 nitrogen and oxygen atoms in total. The zero-order chi connectivity index (χ0) is 10.3. The van der Waals surface area contributed by atoms with E-state index in [0.29, 0.717) is 0 Å². The van der Waals surface area contributed by atoms with Gasteiger partial charge in [-0.15, -0.1) is 0 Å². The molecule has 13 heavy (non-hydrogen) atoms. The fourth-order valence-electron chi connectivity index (χ4n) is 1.03. The Balaban J connectivity index is 3.84. The Morgan fingerprint density at radius 2 is 2.08 bits per heavy atom. The van der Waals surface area contributed by atoms with E-state index in [2.05, 4.69) is 10.6 Å². The second-order valence-corrected chi connectivity index (χ2v) is 4.27. The van der Waals surface area contributed by atoms with E-state index in [0.717, 1.165) is 12.2 Å². The number of amides is 1. The highest BCUT2D eigenvalue weighted by molar-refractivity contribution is 7.98. The summed E-state index contributed by atoms with van der Waals surface area (Å²) in [6.07, 6.45) is 2.93. The van der Waals surface area contributed by atoms with E-state index in [9.17, 15) is 4.79 Å². The van der Waals surface area contributed by atoms with Crippen LogP contribution in [0.15, 0.2) is 0 Å². The number of carbonyl (C=O) groups excluding carboxylic acids is 1. The first-order valence-corrected chi connectivity index (χ1v) is 5.97. The van der Waals surface area contributed by atoms with E-state index in [1.54, 1.807) is 11.8 Å². The van der Waals surface area contributed by atoms with Gasteiger partial charge in [-0.3, -0.25) is 4.79 Å². The number of hydrogen-bond acceptors (Lipinski definition) is 3. The normalized spacial score (nSPS) is 13.0. The Hall–Kier alpha value is -0.220. The maximum Gasteiger partial charge on any atom is 0.237 e. The molecule has 0 saturated carbocycles. The molecule has 0 rings (SSSR count). The topological polar surface area (TPSA) is 41.1 Å². The summed E-state index contributed by atoms with van der Waals surface area (Å²) in [6, 6.07) is 0.174. The van der Waals surface area contributed by atoms with Crippen molar-refractivity contribution in [1.82, 2.24) is 10.6 Å². The predicted octanol–water partition coefficient (Wildman–Crippen LogP) is 0.852. The summed E-state index contributed by atoms with van der Waals surface area (Å²) in [5.41, 5.74) is 0. The van der Waals surface area contributed by atoms with Crippen molar-refractivity contribution in [3.05, 3.63) is 0 Å². The van der Waals surface area contributed by atoms with E-state index >= 15 is 0 Å². The maximum atomic E-state index is 11.5. The van der Waals surface area contributed by atoms with Gasteiger partial charge >= 0.3 is 0 Å². The monoisotopic (exact) mass is 204 g/mol. The lowest BCUT2D eigenvalue weighted by molar-refractivity contribution is -0.123. The van der Waals surface area contributed by atoms with Crippen LogP contribution < -0.4 is 10.6 Å². The highest BCUT2D eigenvalue weighted by Crippen LogP contribution is 2.00. The lowest BCUT2D eigenvalue weighted by atomic mass is 10.2. The van der Waals surface area contributed by atoms with Crippen molar-refractivity contribution in [2.45, 2.75) is 32.4 Å². The van der Waals surface area contributed by atoms with Gasteiger partial charge in [-0.2, -0.15) is 11.8 Å². The first kappa shape index (κ1) is 12.8. The average Bonchev–Trinajstić information content (AvgIpc) is 2.04. The first-order valence-electron chi connectivity index (χ1n) is 4.58. The van der Waals surface area contributed by atoms with Crippen LogP contribution in [0.2, 0.25) is 0 Å². The summed E-state index contributed by atoms with van der Waals surface area (Å²) in [5.74, 6) is 1.11. The van der Waals surface area contributed by atoms with Crippen LogP contribution in [0.1, 0.15) is 20.3 Å². The van der Waals surface area contributed by atoms with Crippen LogP contribution in [0, 0.1) is 0 Å². The van der Waals surface area contributed by atoms with E-state index in [1.165, 1.54) is 0 Å². The molecule has 1 amide bonds. The minimum absolute atomic E-state index is 0.0464. The zero-order valence-electron chi connectivity index (χ0n) is 8.89. The second kappa shape index (κ2) is 7.21. The lowest BCUT2D eigenvalue weighted by Crippen LogP contribution is -2.45. The van der Waals surface area contributed by atoms with Crippen LogP contribution in [0.4, 0.5) is 0 Å². The predicted molar refractivity (Wildman–Crippen MR) is 59.1 cm³/mol. The molecule has 1 unspecified atom stereocenters. The number of likely N-dealkylation sites (N-methyl/N-ethyl adjacent to an activating group) is 1. The van der Waals surface area contributed by atoms with Gasteiger partial charge in [0.15, 0.2) is 0 Å². The molecule has 0 aromatic rings. The fraction of sp³-hybridized carbons (Fsp3) is 0.889. The van der Waals surface area contributed by atoms with Gasteiger partial charge in [-0.05, 0) is 39.3 Å². The number of rotatable bonds is 6. The molecule has 1 atom stereocenters. The van der Waals surface area contributed by atoms with Gasteiger partial charge < -0.3 is 10.6 Å². The summed E-state index contributed by atoms with van der Waals surface area (Å²) in [7, 11) is 1.82. The van der Waals surface area contributed by atoms with Crippen LogP contribution in [0.25, 0.3) is 0 Å². The van der Waals surface area contributed by atoms with Crippen molar-refractivity contribution in [2.24, 2.45) is 0 Å². The van der Waals surface area contributed by atoms with E-state index in [-0.39, 0.29) is 18.0 Å². The molecular formula is C9H20N2OS. The molecular weight excluding hydrogens is 184 g/mol. The van der Waals surface area contributed by atoms with Crippen molar-refractivity contribution in [1.29, 1.82) is 0 Å². The van der Waals surface area contributed by atoms with Crippen molar-refractivity contribution < 1.29 is 4.79 Å². The van der Waals surface area contributed by atoms with Gasteiger partial charge in [0.1, 0.15) is 0 Å². The molecule has 78 valence electrons. The van der Waals surface area contributed by atoms with Crippen LogP contribution in [-0.4, -0.2) is 37.0 Å². The molecule has 4 heteroatoms. The third-order valence-electron chi connectivity index (χ3n) is 1.71. The Morgan fingerprint density at radius 3 is 2.46 bits per heavy atom. The van der Waals surface area contributed by atoms with Gasteiger partial charge in [0.25, 0.3) is 0 Å². The minimum Gasteiger partial charge on any atom is -0.353 e. The molecule has 0 aliphatic heterocycles. The van der Waals surface area contributed by atoms with Crippen molar-refractivity contribution in [3.8, 4) is 0 Å². The molecule has 0 aromatic carbocycles. The number of thioether (sulfide) groups is 1. The van der Waals surface area contributed by atoms with Gasteiger partial charge in [0, 0.05) is 6.04 Å².